The Morgan fingerprint density at radius 1 is 1.07 bits per heavy atom. The number of piperidine rings is 1. The molecule has 148 valence electrons. The van der Waals surface area contributed by atoms with Crippen molar-refractivity contribution in [2.75, 3.05) is 13.1 Å². The number of likely N-dealkylation sites (tertiary alicyclic amines) is 1. The van der Waals surface area contributed by atoms with Crippen molar-refractivity contribution in [1.29, 1.82) is 0 Å². The highest BCUT2D eigenvalue weighted by molar-refractivity contribution is 5.67. The number of carbonyl (C=O) groups is 1. The normalized spacial score (nSPS) is 21.7. The Bertz CT molecular complexity index is 808. The summed E-state index contributed by atoms with van der Waals surface area (Å²) < 4.78 is 11.6. The van der Waals surface area contributed by atoms with Gasteiger partial charge in [0.2, 0.25) is 0 Å². The summed E-state index contributed by atoms with van der Waals surface area (Å²) in [5.74, 6) is 0.890. The van der Waals surface area contributed by atoms with Crippen LogP contribution < -0.4 is 4.74 Å². The van der Waals surface area contributed by atoms with Crippen LogP contribution in [0.3, 0.4) is 0 Å². The monoisotopic (exact) mass is 381 g/mol. The van der Waals surface area contributed by atoms with Crippen molar-refractivity contribution >= 4 is 6.09 Å². The van der Waals surface area contributed by atoms with Gasteiger partial charge in [-0.3, -0.25) is 0 Å². The molecule has 0 radical (unpaired) electrons. The molecule has 2 atom stereocenters. The Balaban J connectivity index is 1.32. The zero-order valence-electron chi connectivity index (χ0n) is 16.0. The highest BCUT2D eigenvalue weighted by Crippen LogP contribution is 2.31. The van der Waals surface area contributed by atoms with Crippen LogP contribution in [0, 0.1) is 0 Å². The van der Waals surface area contributed by atoms with Gasteiger partial charge in [-0.05, 0) is 48.4 Å². The molecule has 1 aliphatic heterocycles. The van der Waals surface area contributed by atoms with E-state index < -0.39 is 12.2 Å². The summed E-state index contributed by atoms with van der Waals surface area (Å²) in [4.78, 5) is 13.9. The first-order chi connectivity index (χ1) is 13.7. The molecule has 1 N–H and O–H groups in total. The van der Waals surface area contributed by atoms with Gasteiger partial charge in [-0.2, -0.15) is 0 Å². The van der Waals surface area contributed by atoms with E-state index >= 15 is 0 Å². The van der Waals surface area contributed by atoms with E-state index in [0.29, 0.717) is 13.0 Å². The van der Waals surface area contributed by atoms with Gasteiger partial charge in [-0.1, -0.05) is 42.5 Å². The second-order valence-electron chi connectivity index (χ2n) is 7.60. The lowest BCUT2D eigenvalue weighted by Crippen LogP contribution is -2.51. The van der Waals surface area contributed by atoms with E-state index in [1.807, 2.05) is 42.5 Å². The predicted octanol–water partition coefficient (Wildman–Crippen LogP) is 3.72. The van der Waals surface area contributed by atoms with Crippen LogP contribution in [0.5, 0.6) is 5.75 Å². The smallest absolute Gasteiger partial charge is 0.410 e. The molecule has 5 nitrogen and oxygen atoms in total. The van der Waals surface area contributed by atoms with Gasteiger partial charge in [0.15, 0.2) is 0 Å². The lowest BCUT2D eigenvalue weighted by Gasteiger charge is -2.36. The highest BCUT2D eigenvalue weighted by Gasteiger charge is 2.33. The molecule has 0 spiro atoms. The Kier molecular flexibility index (Phi) is 5.81. The summed E-state index contributed by atoms with van der Waals surface area (Å²) in [6.45, 7) is 0.986. The van der Waals surface area contributed by atoms with Crippen molar-refractivity contribution in [2.45, 2.75) is 50.9 Å². The van der Waals surface area contributed by atoms with Crippen LogP contribution in [-0.4, -0.2) is 41.4 Å². The predicted molar refractivity (Wildman–Crippen MR) is 106 cm³/mol. The minimum absolute atomic E-state index is 0.229. The number of ether oxygens (including phenoxy) is 2. The maximum absolute atomic E-state index is 12.3. The molecule has 28 heavy (non-hydrogen) atoms. The van der Waals surface area contributed by atoms with Crippen LogP contribution in [0.1, 0.15) is 36.0 Å². The van der Waals surface area contributed by atoms with Crippen LogP contribution in [0.2, 0.25) is 0 Å². The fourth-order valence-corrected chi connectivity index (χ4v) is 4.04. The van der Waals surface area contributed by atoms with Crippen LogP contribution in [0.25, 0.3) is 0 Å². The molecular weight excluding hydrogens is 354 g/mol. The number of fused-ring (bicyclic) bond motifs is 1. The largest absolute Gasteiger partial charge is 0.487 e. The fraction of sp³-hybridized carbons (Fsp3) is 0.435. The van der Waals surface area contributed by atoms with Gasteiger partial charge in [0.05, 0.1) is 6.54 Å². The number of aliphatic hydroxyl groups excluding tert-OH is 1. The third kappa shape index (κ3) is 4.30. The number of nitrogens with zero attached hydrogens (tertiary/aromatic N) is 1. The van der Waals surface area contributed by atoms with E-state index in [4.69, 9.17) is 9.47 Å². The number of aryl methyl sites for hydroxylation is 1. The maximum Gasteiger partial charge on any atom is 0.410 e. The molecule has 2 aromatic carbocycles. The molecule has 0 aromatic heterocycles. The number of benzene rings is 2. The van der Waals surface area contributed by atoms with Gasteiger partial charge in [0.1, 0.15) is 24.6 Å². The van der Waals surface area contributed by atoms with Crippen molar-refractivity contribution in [3.63, 3.8) is 0 Å². The van der Waals surface area contributed by atoms with E-state index in [-0.39, 0.29) is 19.3 Å². The third-order valence-electron chi connectivity index (χ3n) is 5.61. The number of aliphatic hydroxyl groups is 1. The van der Waals surface area contributed by atoms with Crippen molar-refractivity contribution < 1.29 is 19.4 Å². The molecule has 1 heterocycles. The van der Waals surface area contributed by atoms with Gasteiger partial charge >= 0.3 is 6.09 Å². The molecule has 0 unspecified atom stereocenters. The topological polar surface area (TPSA) is 59.0 Å². The second kappa shape index (κ2) is 8.65. The van der Waals surface area contributed by atoms with E-state index in [1.165, 1.54) is 24.0 Å². The van der Waals surface area contributed by atoms with Crippen LogP contribution in [0.4, 0.5) is 4.79 Å². The van der Waals surface area contributed by atoms with Crippen molar-refractivity contribution in [3.05, 3.63) is 65.2 Å². The Hall–Kier alpha value is -2.53. The van der Waals surface area contributed by atoms with Gasteiger partial charge < -0.3 is 19.5 Å². The van der Waals surface area contributed by atoms with Crippen LogP contribution >= 0.6 is 0 Å². The third-order valence-corrected chi connectivity index (χ3v) is 5.61. The zero-order valence-corrected chi connectivity index (χ0v) is 16.0. The number of hydrogen-bond acceptors (Lipinski definition) is 4. The van der Waals surface area contributed by atoms with E-state index in [1.54, 1.807) is 4.90 Å². The molecule has 5 heteroatoms. The Labute approximate surface area is 165 Å². The summed E-state index contributed by atoms with van der Waals surface area (Å²) in [5.41, 5.74) is 3.59. The molecule has 4 rings (SSSR count). The molecule has 0 saturated carbocycles. The van der Waals surface area contributed by atoms with E-state index in [0.717, 1.165) is 24.2 Å². The first-order valence-electron chi connectivity index (χ1n) is 10.1. The summed E-state index contributed by atoms with van der Waals surface area (Å²) in [6.07, 6.45) is 3.71. The van der Waals surface area contributed by atoms with Crippen molar-refractivity contribution in [2.24, 2.45) is 0 Å². The van der Waals surface area contributed by atoms with Gasteiger partial charge in [0, 0.05) is 13.0 Å². The summed E-state index contributed by atoms with van der Waals surface area (Å²) >= 11 is 0. The molecular formula is C23H27NO4. The summed E-state index contributed by atoms with van der Waals surface area (Å²) in [6, 6.07) is 15.8. The molecule has 1 saturated heterocycles. The average molecular weight is 381 g/mol. The van der Waals surface area contributed by atoms with E-state index in [2.05, 4.69) is 6.07 Å². The van der Waals surface area contributed by atoms with Crippen molar-refractivity contribution in [3.8, 4) is 5.75 Å². The number of amides is 1. The van der Waals surface area contributed by atoms with Crippen LogP contribution in [0.15, 0.2) is 48.5 Å². The lowest BCUT2D eigenvalue weighted by molar-refractivity contribution is -0.0256. The minimum atomic E-state index is -0.725. The second-order valence-corrected chi connectivity index (χ2v) is 7.60. The summed E-state index contributed by atoms with van der Waals surface area (Å²) in [7, 11) is 0. The van der Waals surface area contributed by atoms with Gasteiger partial charge in [-0.15, -0.1) is 0 Å². The molecule has 2 aromatic rings. The summed E-state index contributed by atoms with van der Waals surface area (Å²) in [5, 5.41) is 10.6. The molecule has 1 aliphatic carbocycles. The maximum atomic E-state index is 12.3. The fourth-order valence-electron chi connectivity index (χ4n) is 4.04. The minimum Gasteiger partial charge on any atom is -0.487 e. The molecule has 0 bridgehead atoms. The highest BCUT2D eigenvalue weighted by atomic mass is 16.6. The van der Waals surface area contributed by atoms with Gasteiger partial charge in [-0.25, -0.2) is 4.79 Å². The van der Waals surface area contributed by atoms with Crippen molar-refractivity contribution in [1.82, 2.24) is 4.90 Å². The lowest BCUT2D eigenvalue weighted by atomic mass is 9.91. The number of β-amino-alcohol motifs (C(OH)–C–C–N with tert-alkyl or cyclic N) is 1. The molecule has 2 aliphatic rings. The van der Waals surface area contributed by atoms with E-state index in [9.17, 15) is 9.90 Å². The van der Waals surface area contributed by atoms with Gasteiger partial charge in [0.25, 0.3) is 0 Å². The Morgan fingerprint density at radius 2 is 1.89 bits per heavy atom. The quantitative estimate of drug-likeness (QED) is 0.877. The number of carbonyl (C=O) groups excluding carboxylic acids is 1. The van der Waals surface area contributed by atoms with Crippen LogP contribution in [-0.2, 0) is 24.2 Å². The Morgan fingerprint density at radius 3 is 2.71 bits per heavy atom. The first kappa shape index (κ1) is 18.8. The average Bonchev–Trinajstić information content (AvgIpc) is 2.74. The SMILES string of the molecule is O=C(OCc1ccccc1)N1CC[C@H](Oc2cccc3c2CCCC3)[C@@H](O)C1. The zero-order chi connectivity index (χ0) is 19.3. The number of hydrogen-bond donors (Lipinski definition) is 1. The standard InChI is InChI=1S/C23H27NO4/c25-20-15-24(23(26)27-16-17-7-2-1-3-8-17)14-13-22(20)28-21-12-6-10-18-9-4-5-11-19(18)21/h1-3,6-8,10,12,20,22,25H,4-5,9,11,13-16H2/t20-,22-/m0/s1. The molecule has 1 amide bonds. The molecule has 1 fully saturated rings. The number of rotatable bonds is 4. The first-order valence-corrected chi connectivity index (χ1v) is 10.1.